The van der Waals surface area contributed by atoms with E-state index >= 15 is 0 Å². The van der Waals surface area contributed by atoms with Gasteiger partial charge in [-0.3, -0.25) is 4.79 Å². The first-order chi connectivity index (χ1) is 26.3. The maximum Gasteiger partial charge on any atom is 0.220 e. The first-order valence-corrected chi connectivity index (χ1v) is 22.6. The predicted octanol–water partition coefficient (Wildman–Crippen LogP) is 9.11. The average molecular weight is 768 g/mol. The minimum atomic E-state index is -1.57. The Morgan fingerprint density at radius 3 is 1.56 bits per heavy atom. The summed E-state index contributed by atoms with van der Waals surface area (Å²) in [6.07, 6.45) is 35.1. The van der Waals surface area contributed by atoms with Crippen LogP contribution in [0.25, 0.3) is 0 Å². The van der Waals surface area contributed by atoms with Crippen molar-refractivity contribution in [2.75, 3.05) is 13.2 Å². The van der Waals surface area contributed by atoms with Crippen molar-refractivity contribution in [3.63, 3.8) is 0 Å². The molecule has 0 aliphatic carbocycles. The molecule has 1 rings (SSSR count). The molecule has 0 bridgehead atoms. The molecule has 1 aliphatic heterocycles. The summed E-state index contributed by atoms with van der Waals surface area (Å²) in [7, 11) is 0. The Hall–Kier alpha value is -1.33. The molecule has 1 aliphatic rings. The van der Waals surface area contributed by atoms with E-state index in [0.717, 1.165) is 38.5 Å². The summed E-state index contributed by atoms with van der Waals surface area (Å²) in [6.45, 7) is 3.75. The summed E-state index contributed by atoms with van der Waals surface area (Å²) in [5, 5.41) is 54.1. The fraction of sp³-hybridized carbons (Fsp3) is 0.889. The van der Waals surface area contributed by atoms with Gasteiger partial charge in [0.2, 0.25) is 5.91 Å². The van der Waals surface area contributed by atoms with E-state index in [0.29, 0.717) is 6.42 Å². The molecule has 0 saturated carbocycles. The highest BCUT2D eigenvalue weighted by Gasteiger charge is 2.44. The number of allylic oxidation sites excluding steroid dienone is 3. The number of nitrogens with one attached hydrogen (secondary N) is 1. The second-order valence-corrected chi connectivity index (χ2v) is 15.8. The third-order valence-corrected chi connectivity index (χ3v) is 10.8. The number of ether oxygens (including phenoxy) is 2. The molecule has 1 saturated heterocycles. The first kappa shape index (κ1) is 50.7. The Kier molecular flexibility index (Phi) is 33.8. The van der Waals surface area contributed by atoms with Crippen molar-refractivity contribution in [2.24, 2.45) is 0 Å². The van der Waals surface area contributed by atoms with Gasteiger partial charge in [0.15, 0.2) is 6.29 Å². The molecule has 1 fully saturated rings. The molecule has 0 aromatic rings. The van der Waals surface area contributed by atoms with Crippen LogP contribution in [0.4, 0.5) is 0 Å². The van der Waals surface area contributed by atoms with Crippen LogP contribution in [0.5, 0.6) is 0 Å². The quantitative estimate of drug-likeness (QED) is 0.0271. The minimum Gasteiger partial charge on any atom is -0.394 e. The lowest BCUT2D eigenvalue weighted by molar-refractivity contribution is -0.302. The summed E-state index contributed by atoms with van der Waals surface area (Å²) in [5.74, 6) is -0.186. The standard InChI is InChI=1S/C45H85NO8/c1-3-5-7-9-11-13-15-17-18-19-20-21-23-25-27-29-31-33-35-41(49)46-38(37-53-45-44(52)43(51)42(50)40(36-47)54-45)39(48)34-32-30-28-26-24-22-16-14-12-10-8-6-4-2/h24,26,32,34,38-40,42-45,47-48,50-52H,3-23,25,27-31,33,35-37H2,1-2H3,(H,46,49)/b26-24+,34-32+. The van der Waals surface area contributed by atoms with E-state index in [-0.39, 0.29) is 12.5 Å². The molecule has 1 heterocycles. The molecule has 9 nitrogen and oxygen atoms in total. The Labute approximate surface area is 330 Å². The zero-order chi connectivity index (χ0) is 39.5. The number of hydrogen-bond donors (Lipinski definition) is 6. The molecular weight excluding hydrogens is 682 g/mol. The number of amides is 1. The highest BCUT2D eigenvalue weighted by molar-refractivity contribution is 5.76. The van der Waals surface area contributed by atoms with E-state index in [4.69, 9.17) is 9.47 Å². The molecule has 1 amide bonds. The number of carbonyl (C=O) groups is 1. The molecule has 0 radical (unpaired) electrons. The summed E-state index contributed by atoms with van der Waals surface area (Å²) in [6, 6.07) is -0.815. The summed E-state index contributed by atoms with van der Waals surface area (Å²) in [4.78, 5) is 12.9. The van der Waals surface area contributed by atoms with Gasteiger partial charge in [0.05, 0.1) is 25.4 Å². The number of carbonyl (C=O) groups excluding carboxylic acids is 1. The topological polar surface area (TPSA) is 149 Å². The van der Waals surface area contributed by atoms with Gasteiger partial charge >= 0.3 is 0 Å². The fourth-order valence-electron chi connectivity index (χ4n) is 7.11. The molecule has 0 aromatic carbocycles. The monoisotopic (exact) mass is 768 g/mol. The SMILES string of the molecule is CCCCCCCCC/C=C/CC/C=C/C(O)C(COC1OC(CO)C(O)C(O)C1O)NC(=O)CCCCCCCCCCCCCCCCCCCC. The van der Waals surface area contributed by atoms with E-state index in [1.165, 1.54) is 141 Å². The zero-order valence-electron chi connectivity index (χ0n) is 34.7. The molecular formula is C45H85NO8. The Bertz CT molecular complexity index is 899. The molecule has 6 N–H and O–H groups in total. The van der Waals surface area contributed by atoms with Crippen LogP contribution in [0, 0.1) is 0 Å². The number of rotatable bonds is 37. The summed E-state index contributed by atoms with van der Waals surface area (Å²) in [5.41, 5.74) is 0. The highest BCUT2D eigenvalue weighted by Crippen LogP contribution is 2.22. The maximum absolute atomic E-state index is 12.9. The maximum atomic E-state index is 12.9. The predicted molar refractivity (Wildman–Crippen MR) is 221 cm³/mol. The van der Waals surface area contributed by atoms with E-state index in [9.17, 15) is 30.3 Å². The number of unbranched alkanes of at least 4 members (excludes halogenated alkanes) is 25. The van der Waals surface area contributed by atoms with Gasteiger partial charge in [0.1, 0.15) is 24.4 Å². The van der Waals surface area contributed by atoms with Gasteiger partial charge in [-0.25, -0.2) is 0 Å². The van der Waals surface area contributed by atoms with Gasteiger partial charge < -0.3 is 40.3 Å². The Morgan fingerprint density at radius 2 is 1.06 bits per heavy atom. The Balaban J connectivity index is 2.36. The normalized spacial score (nSPS) is 21.6. The lowest BCUT2D eigenvalue weighted by Crippen LogP contribution is -2.60. The average Bonchev–Trinajstić information content (AvgIpc) is 3.17. The van der Waals surface area contributed by atoms with Crippen molar-refractivity contribution in [2.45, 2.75) is 243 Å². The van der Waals surface area contributed by atoms with Crippen LogP contribution in [0.1, 0.15) is 200 Å². The van der Waals surface area contributed by atoms with Crippen molar-refractivity contribution >= 4 is 5.91 Å². The van der Waals surface area contributed by atoms with Crippen LogP contribution in [0.2, 0.25) is 0 Å². The number of aliphatic hydroxyl groups excluding tert-OH is 5. The highest BCUT2D eigenvalue weighted by atomic mass is 16.7. The van der Waals surface area contributed by atoms with Crippen LogP contribution >= 0.6 is 0 Å². The van der Waals surface area contributed by atoms with E-state index < -0.39 is 49.5 Å². The van der Waals surface area contributed by atoms with Crippen molar-refractivity contribution in [1.82, 2.24) is 5.32 Å². The number of hydrogen-bond acceptors (Lipinski definition) is 8. The minimum absolute atomic E-state index is 0.186. The smallest absolute Gasteiger partial charge is 0.220 e. The third kappa shape index (κ3) is 26.5. The van der Waals surface area contributed by atoms with Crippen molar-refractivity contribution < 1.29 is 39.8 Å². The third-order valence-electron chi connectivity index (χ3n) is 10.8. The lowest BCUT2D eigenvalue weighted by Gasteiger charge is -2.40. The van der Waals surface area contributed by atoms with Gasteiger partial charge in [-0.1, -0.05) is 186 Å². The largest absolute Gasteiger partial charge is 0.394 e. The molecule has 318 valence electrons. The second-order valence-electron chi connectivity index (χ2n) is 15.8. The first-order valence-electron chi connectivity index (χ1n) is 22.6. The van der Waals surface area contributed by atoms with Gasteiger partial charge in [0, 0.05) is 6.42 Å². The van der Waals surface area contributed by atoms with Crippen molar-refractivity contribution in [1.29, 1.82) is 0 Å². The van der Waals surface area contributed by atoms with Crippen molar-refractivity contribution in [3.8, 4) is 0 Å². The van der Waals surface area contributed by atoms with Gasteiger partial charge in [-0.05, 0) is 32.1 Å². The number of aliphatic hydroxyl groups is 5. The molecule has 9 heteroatoms. The van der Waals surface area contributed by atoms with Gasteiger partial charge in [-0.15, -0.1) is 0 Å². The van der Waals surface area contributed by atoms with Gasteiger partial charge in [-0.2, -0.15) is 0 Å². The second kappa shape index (κ2) is 36.0. The molecule has 7 atom stereocenters. The molecule has 7 unspecified atom stereocenters. The molecule has 0 spiro atoms. The van der Waals surface area contributed by atoms with Crippen LogP contribution in [-0.4, -0.2) is 87.5 Å². The molecule has 0 aromatic heterocycles. The van der Waals surface area contributed by atoms with E-state index in [1.807, 2.05) is 6.08 Å². The van der Waals surface area contributed by atoms with Crippen LogP contribution in [-0.2, 0) is 14.3 Å². The van der Waals surface area contributed by atoms with Gasteiger partial charge in [0.25, 0.3) is 0 Å². The van der Waals surface area contributed by atoms with Crippen LogP contribution in [0.15, 0.2) is 24.3 Å². The van der Waals surface area contributed by atoms with Crippen LogP contribution in [0.3, 0.4) is 0 Å². The van der Waals surface area contributed by atoms with E-state index in [2.05, 4.69) is 31.3 Å². The van der Waals surface area contributed by atoms with Crippen LogP contribution < -0.4 is 5.32 Å². The fourth-order valence-corrected chi connectivity index (χ4v) is 7.11. The van der Waals surface area contributed by atoms with E-state index in [1.54, 1.807) is 6.08 Å². The summed E-state index contributed by atoms with van der Waals surface area (Å²) < 4.78 is 11.2. The van der Waals surface area contributed by atoms with Crippen molar-refractivity contribution in [3.05, 3.63) is 24.3 Å². The Morgan fingerprint density at radius 1 is 0.611 bits per heavy atom. The zero-order valence-corrected chi connectivity index (χ0v) is 34.7. The lowest BCUT2D eigenvalue weighted by atomic mass is 9.99. The summed E-state index contributed by atoms with van der Waals surface area (Å²) >= 11 is 0. The molecule has 54 heavy (non-hydrogen) atoms.